The van der Waals surface area contributed by atoms with Gasteiger partial charge >= 0.3 is 0 Å². The van der Waals surface area contributed by atoms with Gasteiger partial charge in [0.25, 0.3) is 0 Å². The molecule has 1 saturated heterocycles. The number of likely N-dealkylation sites (N-methyl/N-ethyl adjacent to an activating group) is 1. The quantitative estimate of drug-likeness (QED) is 0.607. The van der Waals surface area contributed by atoms with Crippen LogP contribution in [0.25, 0.3) is 0 Å². The maximum Gasteiger partial charge on any atom is 0.225 e. The van der Waals surface area contributed by atoms with Gasteiger partial charge in [0.05, 0.1) is 0 Å². The summed E-state index contributed by atoms with van der Waals surface area (Å²) in [5.74, 6) is 1.77. The van der Waals surface area contributed by atoms with Crippen molar-refractivity contribution in [3.05, 3.63) is 54.4 Å². The first-order chi connectivity index (χ1) is 13.7. The lowest BCUT2D eigenvalue weighted by molar-refractivity contribution is 0.246. The lowest BCUT2D eigenvalue weighted by Gasteiger charge is -2.37. The number of nitrogens with zero attached hydrogens (tertiary/aromatic N) is 6. The van der Waals surface area contributed by atoms with Crippen molar-refractivity contribution in [3.8, 4) is 0 Å². The minimum absolute atomic E-state index is 0.399. The number of hydrogen-bond acceptors (Lipinski definition) is 5. The van der Waals surface area contributed by atoms with Crippen LogP contribution in [0.5, 0.6) is 0 Å². The van der Waals surface area contributed by atoms with Gasteiger partial charge in [-0.2, -0.15) is 0 Å². The fourth-order valence-electron chi connectivity index (χ4n) is 3.33. The normalized spacial score (nSPS) is 16.4. The van der Waals surface area contributed by atoms with Crippen molar-refractivity contribution in [3.63, 3.8) is 0 Å². The topological polar surface area (TPSA) is 59.9 Å². The maximum atomic E-state index is 4.49. The van der Waals surface area contributed by atoms with Gasteiger partial charge in [-0.25, -0.2) is 9.97 Å². The molecule has 1 aromatic heterocycles. The zero-order valence-corrected chi connectivity index (χ0v) is 17.1. The second-order valence-corrected chi connectivity index (χ2v) is 7.20. The van der Waals surface area contributed by atoms with E-state index in [1.54, 1.807) is 12.4 Å². The minimum atomic E-state index is 0.399. The van der Waals surface area contributed by atoms with Crippen LogP contribution in [-0.2, 0) is 6.54 Å². The van der Waals surface area contributed by atoms with Crippen LogP contribution in [-0.4, -0.2) is 78.6 Å². The lowest BCUT2D eigenvalue weighted by atomic mass is 10.2. The first kappa shape index (κ1) is 20.1. The van der Waals surface area contributed by atoms with Crippen LogP contribution < -0.4 is 10.2 Å². The predicted molar refractivity (Wildman–Crippen MR) is 115 cm³/mol. The Morgan fingerprint density at radius 2 is 1.79 bits per heavy atom. The summed E-state index contributed by atoms with van der Waals surface area (Å²) in [4.78, 5) is 20.1. The first-order valence-electron chi connectivity index (χ1n) is 9.89. The molecule has 1 aliphatic rings. The molecule has 2 heterocycles. The smallest absolute Gasteiger partial charge is 0.225 e. The largest absolute Gasteiger partial charge is 0.355 e. The average molecular weight is 382 g/mol. The summed E-state index contributed by atoms with van der Waals surface area (Å²) < 4.78 is 0. The number of piperazine rings is 1. The summed E-state index contributed by atoms with van der Waals surface area (Å²) in [5, 5.41) is 3.54. The van der Waals surface area contributed by atoms with Gasteiger partial charge in [-0.05, 0) is 25.6 Å². The molecule has 2 aromatic rings. The van der Waals surface area contributed by atoms with Crippen LogP contribution >= 0.6 is 0 Å². The highest BCUT2D eigenvalue weighted by Gasteiger charge is 2.21. The molecule has 0 bridgehead atoms. The van der Waals surface area contributed by atoms with Crippen molar-refractivity contribution in [1.29, 1.82) is 0 Å². The summed E-state index contributed by atoms with van der Waals surface area (Å²) in [7, 11) is 4.02. The summed E-state index contributed by atoms with van der Waals surface area (Å²) >= 11 is 0. The Labute approximate surface area is 168 Å². The van der Waals surface area contributed by atoms with Gasteiger partial charge in [0.1, 0.15) is 0 Å². The molecule has 0 spiro atoms. The molecule has 1 atom stereocenters. The second-order valence-electron chi connectivity index (χ2n) is 7.20. The van der Waals surface area contributed by atoms with Gasteiger partial charge < -0.3 is 15.1 Å². The molecular formula is C21H31N7. The van der Waals surface area contributed by atoms with Crippen LogP contribution in [0.3, 0.4) is 0 Å². The van der Waals surface area contributed by atoms with E-state index < -0.39 is 0 Å². The van der Waals surface area contributed by atoms with Crippen molar-refractivity contribution in [2.24, 2.45) is 4.99 Å². The Hall–Kier alpha value is -2.67. The van der Waals surface area contributed by atoms with E-state index in [0.717, 1.165) is 51.2 Å². The van der Waals surface area contributed by atoms with Gasteiger partial charge in [0.2, 0.25) is 5.95 Å². The molecule has 1 fully saturated rings. The number of nitrogens with one attached hydrogen (secondary N) is 1. The van der Waals surface area contributed by atoms with E-state index in [1.807, 2.05) is 13.1 Å². The van der Waals surface area contributed by atoms with E-state index in [-0.39, 0.29) is 0 Å². The van der Waals surface area contributed by atoms with E-state index in [2.05, 4.69) is 79.3 Å². The van der Waals surface area contributed by atoms with E-state index in [0.29, 0.717) is 6.04 Å². The Kier molecular flexibility index (Phi) is 7.19. The number of benzene rings is 1. The molecule has 7 heteroatoms. The van der Waals surface area contributed by atoms with Gasteiger partial charge in [0.15, 0.2) is 5.96 Å². The Bertz CT molecular complexity index is 727. The molecule has 1 aromatic carbocycles. The molecule has 0 amide bonds. The van der Waals surface area contributed by atoms with Gasteiger partial charge in [0, 0.05) is 64.8 Å². The van der Waals surface area contributed by atoms with E-state index >= 15 is 0 Å². The fraction of sp³-hybridized carbons (Fsp3) is 0.476. The van der Waals surface area contributed by atoms with Crippen molar-refractivity contribution < 1.29 is 0 Å². The third kappa shape index (κ3) is 5.42. The third-order valence-electron chi connectivity index (χ3n) is 5.21. The standard InChI is InChI=1S/C21H31N7/c1-18(26(3)17-19-8-5-4-6-9-19)16-25-20(22-2)27-12-14-28(15-13-27)21-23-10-7-11-24-21/h4-11,18H,12-17H2,1-3H3,(H,22,25). The van der Waals surface area contributed by atoms with E-state index in [1.165, 1.54) is 5.56 Å². The predicted octanol–water partition coefficient (Wildman–Crippen LogP) is 1.69. The van der Waals surface area contributed by atoms with Crippen LogP contribution in [0.2, 0.25) is 0 Å². The zero-order chi connectivity index (χ0) is 19.8. The van der Waals surface area contributed by atoms with Gasteiger partial charge in [-0.3, -0.25) is 9.89 Å². The second kappa shape index (κ2) is 10.0. The monoisotopic (exact) mass is 381 g/mol. The number of rotatable bonds is 6. The highest BCUT2D eigenvalue weighted by atomic mass is 15.4. The molecular weight excluding hydrogens is 350 g/mol. The first-order valence-corrected chi connectivity index (χ1v) is 9.89. The average Bonchev–Trinajstić information content (AvgIpc) is 2.76. The van der Waals surface area contributed by atoms with Crippen molar-refractivity contribution in [2.75, 3.05) is 51.7 Å². The van der Waals surface area contributed by atoms with Gasteiger partial charge in [-0.1, -0.05) is 30.3 Å². The number of aliphatic imine (C=N–C) groups is 1. The molecule has 7 nitrogen and oxygen atoms in total. The fourth-order valence-corrected chi connectivity index (χ4v) is 3.33. The van der Waals surface area contributed by atoms with Gasteiger partial charge in [-0.15, -0.1) is 0 Å². The summed E-state index contributed by atoms with van der Waals surface area (Å²) in [6.07, 6.45) is 3.59. The molecule has 0 saturated carbocycles. The lowest BCUT2D eigenvalue weighted by Crippen LogP contribution is -2.54. The van der Waals surface area contributed by atoms with Crippen LogP contribution in [0.4, 0.5) is 5.95 Å². The van der Waals surface area contributed by atoms with E-state index in [4.69, 9.17) is 0 Å². The Morgan fingerprint density at radius 1 is 1.11 bits per heavy atom. The van der Waals surface area contributed by atoms with Crippen molar-refractivity contribution in [2.45, 2.75) is 19.5 Å². The molecule has 28 heavy (non-hydrogen) atoms. The zero-order valence-electron chi connectivity index (χ0n) is 17.1. The molecule has 1 unspecified atom stereocenters. The molecule has 0 radical (unpaired) electrons. The SMILES string of the molecule is CN=C(NCC(C)N(C)Cc1ccccc1)N1CCN(c2ncccn2)CC1. The Balaban J connectivity index is 1.45. The number of anilines is 1. The summed E-state index contributed by atoms with van der Waals surface area (Å²) in [6.45, 7) is 7.66. The highest BCUT2D eigenvalue weighted by molar-refractivity contribution is 5.80. The maximum absolute atomic E-state index is 4.49. The summed E-state index contributed by atoms with van der Waals surface area (Å²) in [5.41, 5.74) is 1.33. The molecule has 1 aliphatic heterocycles. The van der Waals surface area contributed by atoms with Crippen LogP contribution in [0.15, 0.2) is 53.8 Å². The van der Waals surface area contributed by atoms with Crippen molar-refractivity contribution >= 4 is 11.9 Å². The number of aromatic nitrogens is 2. The molecule has 3 rings (SSSR count). The third-order valence-corrected chi connectivity index (χ3v) is 5.21. The number of hydrogen-bond donors (Lipinski definition) is 1. The molecule has 1 N–H and O–H groups in total. The van der Waals surface area contributed by atoms with E-state index in [9.17, 15) is 0 Å². The minimum Gasteiger partial charge on any atom is -0.355 e. The highest BCUT2D eigenvalue weighted by Crippen LogP contribution is 2.10. The van der Waals surface area contributed by atoms with Crippen molar-refractivity contribution in [1.82, 2.24) is 25.1 Å². The number of guanidine groups is 1. The Morgan fingerprint density at radius 3 is 2.43 bits per heavy atom. The molecule has 150 valence electrons. The van der Waals surface area contributed by atoms with Crippen LogP contribution in [0, 0.1) is 0 Å². The van der Waals surface area contributed by atoms with Crippen LogP contribution in [0.1, 0.15) is 12.5 Å². The summed E-state index contributed by atoms with van der Waals surface area (Å²) in [6, 6.07) is 12.8. The molecule has 0 aliphatic carbocycles.